The third-order valence-electron chi connectivity index (χ3n) is 8.50. The topological polar surface area (TPSA) is 68.1 Å². The number of nitrogens with one attached hydrogen (secondary N) is 1. The van der Waals surface area contributed by atoms with Crippen molar-refractivity contribution in [1.29, 1.82) is 0 Å². The minimum Gasteiger partial charge on any atom is -0.494 e. The maximum Gasteiger partial charge on any atom is 0.401 e. The van der Waals surface area contributed by atoms with Crippen LogP contribution in [-0.4, -0.2) is 57.1 Å². The molecule has 0 radical (unpaired) electrons. The first-order valence-corrected chi connectivity index (χ1v) is 16.8. The fraction of sp³-hybridized carbons (Fsp3) is 0.395. The fourth-order valence-electron chi connectivity index (χ4n) is 6.32. The number of anilines is 1. The molecule has 0 unspecified atom stereocenters. The lowest BCUT2D eigenvalue weighted by atomic mass is 9.90. The molecule has 1 saturated heterocycles. The van der Waals surface area contributed by atoms with Gasteiger partial charge in [-0.15, -0.1) is 0 Å². The van der Waals surface area contributed by atoms with Gasteiger partial charge in [0.15, 0.2) is 5.82 Å². The lowest BCUT2D eigenvalue weighted by Crippen LogP contribution is -2.39. The average Bonchev–Trinajstić information content (AvgIpc) is 3.40. The van der Waals surface area contributed by atoms with Crippen molar-refractivity contribution in [2.24, 2.45) is 5.92 Å². The maximum absolute atomic E-state index is 15.1. The van der Waals surface area contributed by atoms with E-state index in [4.69, 9.17) is 19.8 Å². The molecule has 5 rings (SSSR count). The highest BCUT2D eigenvalue weighted by Crippen LogP contribution is 2.36. The first kappa shape index (κ1) is 36.7. The number of hydrogen-bond acceptors (Lipinski definition) is 6. The summed E-state index contributed by atoms with van der Waals surface area (Å²) in [4.78, 5) is 11.1. The van der Waals surface area contributed by atoms with E-state index >= 15 is 8.78 Å². The second kappa shape index (κ2) is 15.5. The molecule has 3 heterocycles. The molecule has 0 bridgehead atoms. The second-order valence-corrected chi connectivity index (χ2v) is 13.1. The molecular formula is C38H43F5N6O. The van der Waals surface area contributed by atoms with Gasteiger partial charge in [-0.1, -0.05) is 50.3 Å². The van der Waals surface area contributed by atoms with E-state index in [1.54, 1.807) is 13.1 Å². The van der Waals surface area contributed by atoms with E-state index in [-0.39, 0.29) is 42.1 Å². The van der Waals surface area contributed by atoms with Crippen LogP contribution in [0.15, 0.2) is 78.2 Å². The molecular weight excluding hydrogens is 651 g/mol. The monoisotopic (exact) mass is 694 g/mol. The van der Waals surface area contributed by atoms with Crippen LogP contribution >= 0.6 is 0 Å². The summed E-state index contributed by atoms with van der Waals surface area (Å²) < 4.78 is 76.4. The summed E-state index contributed by atoms with van der Waals surface area (Å²) in [5.41, 5.74) is 4.25. The summed E-state index contributed by atoms with van der Waals surface area (Å²) in [5.74, 6) is -0.408. The smallest absolute Gasteiger partial charge is 0.401 e. The van der Waals surface area contributed by atoms with Crippen molar-refractivity contribution >= 4 is 16.7 Å². The van der Waals surface area contributed by atoms with Gasteiger partial charge < -0.3 is 10.1 Å². The van der Waals surface area contributed by atoms with Gasteiger partial charge in [-0.25, -0.2) is 18.7 Å². The summed E-state index contributed by atoms with van der Waals surface area (Å²) in [6.07, 6.45) is 2.51. The van der Waals surface area contributed by atoms with Crippen LogP contribution in [0.2, 0.25) is 0 Å². The van der Waals surface area contributed by atoms with E-state index in [2.05, 4.69) is 31.8 Å². The molecule has 266 valence electrons. The van der Waals surface area contributed by atoms with Crippen LogP contribution in [0.5, 0.6) is 5.75 Å². The second-order valence-electron chi connectivity index (χ2n) is 13.1. The zero-order valence-electron chi connectivity index (χ0n) is 29.0. The highest BCUT2D eigenvalue weighted by Gasteiger charge is 2.33. The minimum atomic E-state index is -4.26. The third-order valence-corrected chi connectivity index (χ3v) is 8.50. The Kier molecular flexibility index (Phi) is 11.4. The van der Waals surface area contributed by atoms with Gasteiger partial charge in [0.1, 0.15) is 28.9 Å². The highest BCUT2D eigenvalue weighted by molar-refractivity contribution is 5.91. The Morgan fingerprint density at radius 2 is 1.78 bits per heavy atom. The number of rotatable bonds is 12. The van der Waals surface area contributed by atoms with Crippen molar-refractivity contribution in [2.45, 2.75) is 66.1 Å². The van der Waals surface area contributed by atoms with Crippen molar-refractivity contribution < 1.29 is 26.7 Å². The molecule has 0 spiro atoms. The zero-order valence-corrected chi connectivity index (χ0v) is 29.0. The van der Waals surface area contributed by atoms with Gasteiger partial charge in [-0.05, 0) is 76.3 Å². The number of fused-ring (bicyclic) bond motifs is 1. The number of para-hydroxylation sites is 1. The molecule has 2 aromatic carbocycles. The van der Waals surface area contributed by atoms with Gasteiger partial charge in [-0.2, -0.15) is 18.3 Å². The number of likely N-dealkylation sites (tertiary alicyclic amines) is 1. The standard InChI is InChI=1S/C38H43F5N6O/c1-7-50-27-18-31(39)30(32(40)19-27)21-49-34-11-9-8-10-28(34)35(47-49)37-44-20-29(26-12-14-48(15-13-26)22-38(41,42)43)36(46-37)45-33(17-24(4)5)25(6)16-23(2)3/h8-11,16-20,23,26H,4,7,12-15,21-22H2,1-3,5-6H3,(H,44,45,46)/b25-16-,33-17+. The van der Waals surface area contributed by atoms with Crippen molar-refractivity contribution in [2.75, 3.05) is 31.6 Å². The number of piperidine rings is 1. The first-order valence-electron chi connectivity index (χ1n) is 16.8. The van der Waals surface area contributed by atoms with Crippen molar-refractivity contribution in [3.8, 4) is 17.3 Å². The quantitative estimate of drug-likeness (QED) is 0.118. The van der Waals surface area contributed by atoms with Crippen LogP contribution in [0.3, 0.4) is 0 Å². The Morgan fingerprint density at radius 3 is 2.40 bits per heavy atom. The number of ether oxygens (including phenoxy) is 1. The summed E-state index contributed by atoms with van der Waals surface area (Å²) in [6.45, 7) is 13.6. The lowest BCUT2D eigenvalue weighted by Gasteiger charge is -2.33. The van der Waals surface area contributed by atoms with Crippen molar-refractivity contribution in [3.63, 3.8) is 0 Å². The van der Waals surface area contributed by atoms with E-state index in [1.807, 2.05) is 44.2 Å². The summed E-state index contributed by atoms with van der Waals surface area (Å²) in [6, 6.07) is 9.64. The number of aromatic nitrogens is 4. The Morgan fingerprint density at radius 1 is 1.10 bits per heavy atom. The van der Waals surface area contributed by atoms with Crippen LogP contribution in [0, 0.1) is 17.6 Å². The summed E-state index contributed by atoms with van der Waals surface area (Å²) >= 11 is 0. The van der Waals surface area contributed by atoms with Crippen LogP contribution in [-0.2, 0) is 6.54 Å². The largest absolute Gasteiger partial charge is 0.494 e. The molecule has 1 fully saturated rings. The predicted molar refractivity (Wildman–Crippen MR) is 187 cm³/mol. The molecule has 0 amide bonds. The molecule has 50 heavy (non-hydrogen) atoms. The molecule has 1 aliphatic rings. The molecule has 0 atom stereocenters. The van der Waals surface area contributed by atoms with Crippen molar-refractivity contribution in [1.82, 2.24) is 24.6 Å². The van der Waals surface area contributed by atoms with Crippen molar-refractivity contribution in [3.05, 3.63) is 101 Å². The van der Waals surface area contributed by atoms with E-state index in [9.17, 15) is 13.2 Å². The average molecular weight is 695 g/mol. The predicted octanol–water partition coefficient (Wildman–Crippen LogP) is 9.43. The molecule has 12 heteroatoms. The normalized spacial score (nSPS) is 15.3. The Balaban J connectivity index is 1.57. The van der Waals surface area contributed by atoms with Gasteiger partial charge >= 0.3 is 6.18 Å². The minimum absolute atomic E-state index is 0.0867. The van der Waals surface area contributed by atoms with Crippen LogP contribution in [0.25, 0.3) is 22.4 Å². The zero-order chi connectivity index (χ0) is 36.2. The van der Waals surface area contributed by atoms with E-state index in [0.29, 0.717) is 48.3 Å². The number of hydrogen-bond donors (Lipinski definition) is 1. The van der Waals surface area contributed by atoms with Crippen LogP contribution in [0.1, 0.15) is 64.5 Å². The molecule has 1 aliphatic heterocycles. The Labute approximate surface area is 289 Å². The third kappa shape index (κ3) is 8.95. The van der Waals surface area contributed by atoms with E-state index in [1.165, 1.54) is 9.58 Å². The number of alkyl halides is 3. The van der Waals surface area contributed by atoms with Gasteiger partial charge in [-0.3, -0.25) is 9.58 Å². The van der Waals surface area contributed by atoms with Gasteiger partial charge in [0.2, 0.25) is 0 Å². The number of allylic oxidation sites excluding steroid dienone is 4. The fourth-order valence-corrected chi connectivity index (χ4v) is 6.32. The first-order chi connectivity index (χ1) is 23.7. The Hall–Kier alpha value is -4.58. The van der Waals surface area contributed by atoms with E-state index in [0.717, 1.165) is 34.5 Å². The van der Waals surface area contributed by atoms with Gasteiger partial charge in [0.05, 0.1) is 25.2 Å². The summed E-state index contributed by atoms with van der Waals surface area (Å²) in [7, 11) is 0. The molecule has 1 N–H and O–H groups in total. The Bertz CT molecular complexity index is 1880. The number of nitrogens with zero attached hydrogens (tertiary/aromatic N) is 5. The van der Waals surface area contributed by atoms with Gasteiger partial charge in [0.25, 0.3) is 0 Å². The maximum atomic E-state index is 15.1. The number of benzene rings is 2. The highest BCUT2D eigenvalue weighted by atomic mass is 19.4. The van der Waals surface area contributed by atoms with Gasteiger partial charge in [0, 0.05) is 40.5 Å². The molecule has 2 aromatic heterocycles. The SMILES string of the molecule is C=C(C)/C=C(Nc1nc(-c2nn(Cc3c(F)cc(OCC)cc3F)c3ccccc23)ncc1C1CCN(CC(F)(F)F)CC1)\C(C)=C/C(C)C. The number of halogens is 5. The van der Waals surface area contributed by atoms with Crippen LogP contribution < -0.4 is 10.1 Å². The molecule has 4 aromatic rings. The van der Waals surface area contributed by atoms with Crippen LogP contribution in [0.4, 0.5) is 27.8 Å². The summed E-state index contributed by atoms with van der Waals surface area (Å²) in [5, 5.41) is 8.97. The van der Waals surface area contributed by atoms with E-state index < -0.39 is 24.4 Å². The molecule has 7 nitrogen and oxygen atoms in total. The molecule has 0 aliphatic carbocycles. The molecule has 0 saturated carbocycles. The lowest BCUT2D eigenvalue weighted by molar-refractivity contribution is -0.147.